The normalized spacial score (nSPS) is 15.5. The second-order valence-corrected chi connectivity index (χ2v) is 6.29. The summed E-state index contributed by atoms with van der Waals surface area (Å²) in [6.45, 7) is 2.75. The van der Waals surface area contributed by atoms with Crippen molar-refractivity contribution in [3.05, 3.63) is 59.7 Å². The molecule has 0 bridgehead atoms. The summed E-state index contributed by atoms with van der Waals surface area (Å²) in [5.74, 6) is -2.49. The molecule has 0 saturated heterocycles. The van der Waals surface area contributed by atoms with Crippen LogP contribution in [-0.4, -0.2) is 31.4 Å². The standard InChI is InChI=1S/C19H19F2N3O2/c1-12-10-24(17-5-3-2-4-14(12)17)11-19(26)22-9-18(25)23-13-6-7-15(20)16(21)8-13/h2-8,12H,9-11H2,1H3,(H,22,26)(H,23,25). The van der Waals surface area contributed by atoms with Crippen LogP contribution in [0.15, 0.2) is 42.5 Å². The molecular formula is C19H19F2N3O2. The molecule has 7 heteroatoms. The molecule has 2 aromatic rings. The summed E-state index contributed by atoms with van der Waals surface area (Å²) in [7, 11) is 0. The Bertz CT molecular complexity index is 841. The lowest BCUT2D eigenvalue weighted by molar-refractivity contribution is -0.123. The van der Waals surface area contributed by atoms with Crippen molar-refractivity contribution in [2.45, 2.75) is 12.8 Å². The highest BCUT2D eigenvalue weighted by atomic mass is 19.2. The Hall–Kier alpha value is -2.96. The van der Waals surface area contributed by atoms with Gasteiger partial charge in [-0.3, -0.25) is 9.59 Å². The minimum atomic E-state index is -1.05. The molecule has 3 rings (SSSR count). The van der Waals surface area contributed by atoms with Crippen molar-refractivity contribution >= 4 is 23.2 Å². The number of carbonyl (C=O) groups excluding carboxylic acids is 2. The summed E-state index contributed by atoms with van der Waals surface area (Å²) >= 11 is 0. The monoisotopic (exact) mass is 359 g/mol. The van der Waals surface area contributed by atoms with Crippen LogP contribution >= 0.6 is 0 Å². The van der Waals surface area contributed by atoms with Crippen LogP contribution in [0.2, 0.25) is 0 Å². The summed E-state index contributed by atoms with van der Waals surface area (Å²) in [6, 6.07) is 11.0. The number of rotatable bonds is 5. The Kier molecular flexibility index (Phi) is 5.16. The van der Waals surface area contributed by atoms with Crippen LogP contribution in [0.4, 0.5) is 20.2 Å². The van der Waals surface area contributed by atoms with Gasteiger partial charge in [-0.2, -0.15) is 0 Å². The van der Waals surface area contributed by atoms with Crippen LogP contribution in [0.3, 0.4) is 0 Å². The summed E-state index contributed by atoms with van der Waals surface area (Å²) in [5.41, 5.74) is 2.36. The predicted octanol–water partition coefficient (Wildman–Crippen LogP) is 2.64. The number of nitrogens with zero attached hydrogens (tertiary/aromatic N) is 1. The van der Waals surface area contributed by atoms with Gasteiger partial charge in [-0.15, -0.1) is 0 Å². The molecule has 0 saturated carbocycles. The second kappa shape index (κ2) is 7.51. The van der Waals surface area contributed by atoms with Crippen LogP contribution in [0.1, 0.15) is 18.4 Å². The number of hydrogen-bond acceptors (Lipinski definition) is 3. The van der Waals surface area contributed by atoms with Gasteiger partial charge < -0.3 is 15.5 Å². The van der Waals surface area contributed by atoms with Gasteiger partial charge in [0.1, 0.15) is 0 Å². The van der Waals surface area contributed by atoms with Crippen molar-refractivity contribution in [2.75, 3.05) is 29.9 Å². The zero-order valence-electron chi connectivity index (χ0n) is 14.3. The fourth-order valence-corrected chi connectivity index (χ4v) is 3.06. The third-order valence-electron chi connectivity index (χ3n) is 4.29. The van der Waals surface area contributed by atoms with E-state index in [0.717, 1.165) is 24.4 Å². The van der Waals surface area contributed by atoms with Gasteiger partial charge in [0.25, 0.3) is 0 Å². The first-order valence-electron chi connectivity index (χ1n) is 8.29. The number of amides is 2. The molecule has 1 unspecified atom stereocenters. The van der Waals surface area contributed by atoms with E-state index in [-0.39, 0.29) is 24.7 Å². The van der Waals surface area contributed by atoms with Crippen molar-refractivity contribution in [3.8, 4) is 0 Å². The van der Waals surface area contributed by atoms with Gasteiger partial charge in [0, 0.05) is 29.9 Å². The number of nitrogens with one attached hydrogen (secondary N) is 2. The third kappa shape index (κ3) is 3.99. The van der Waals surface area contributed by atoms with Crippen molar-refractivity contribution in [3.63, 3.8) is 0 Å². The quantitative estimate of drug-likeness (QED) is 0.863. The minimum Gasteiger partial charge on any atom is -0.361 e. The van der Waals surface area contributed by atoms with E-state index in [9.17, 15) is 18.4 Å². The maximum Gasteiger partial charge on any atom is 0.243 e. The van der Waals surface area contributed by atoms with Crippen molar-refractivity contribution in [1.29, 1.82) is 0 Å². The molecule has 1 atom stereocenters. The van der Waals surface area contributed by atoms with Gasteiger partial charge in [0.15, 0.2) is 11.6 Å². The van der Waals surface area contributed by atoms with Gasteiger partial charge in [0.2, 0.25) is 11.8 Å². The van der Waals surface area contributed by atoms with Gasteiger partial charge in [-0.25, -0.2) is 8.78 Å². The average molecular weight is 359 g/mol. The lowest BCUT2D eigenvalue weighted by atomic mass is 10.0. The number of fused-ring (bicyclic) bond motifs is 1. The predicted molar refractivity (Wildman–Crippen MR) is 95.1 cm³/mol. The van der Waals surface area contributed by atoms with E-state index in [4.69, 9.17) is 0 Å². The van der Waals surface area contributed by atoms with Crippen molar-refractivity contribution < 1.29 is 18.4 Å². The van der Waals surface area contributed by atoms with Gasteiger partial charge in [-0.05, 0) is 23.8 Å². The van der Waals surface area contributed by atoms with Gasteiger partial charge >= 0.3 is 0 Å². The molecule has 0 aromatic heterocycles. The molecule has 1 heterocycles. The number of hydrogen-bond donors (Lipinski definition) is 2. The zero-order chi connectivity index (χ0) is 18.7. The van der Waals surface area contributed by atoms with Crippen LogP contribution in [0.5, 0.6) is 0 Å². The van der Waals surface area contributed by atoms with E-state index in [0.29, 0.717) is 5.92 Å². The fraction of sp³-hybridized carbons (Fsp3) is 0.263. The molecular weight excluding hydrogens is 340 g/mol. The molecule has 1 aliphatic rings. The highest BCUT2D eigenvalue weighted by molar-refractivity contribution is 5.95. The Morgan fingerprint density at radius 2 is 1.88 bits per heavy atom. The number of carbonyl (C=O) groups is 2. The maximum absolute atomic E-state index is 13.1. The van der Waals surface area contributed by atoms with E-state index in [1.165, 1.54) is 11.6 Å². The number of halogens is 2. The summed E-state index contributed by atoms with van der Waals surface area (Å²) in [4.78, 5) is 25.9. The second-order valence-electron chi connectivity index (χ2n) is 6.29. The number of para-hydroxylation sites is 1. The minimum absolute atomic E-state index is 0.130. The summed E-state index contributed by atoms with van der Waals surface area (Å²) in [6.07, 6.45) is 0. The highest BCUT2D eigenvalue weighted by Gasteiger charge is 2.26. The lowest BCUT2D eigenvalue weighted by Crippen LogP contribution is -2.40. The highest BCUT2D eigenvalue weighted by Crippen LogP contribution is 2.35. The lowest BCUT2D eigenvalue weighted by Gasteiger charge is -2.19. The molecule has 136 valence electrons. The van der Waals surface area contributed by atoms with E-state index in [2.05, 4.69) is 17.6 Å². The number of benzene rings is 2. The average Bonchev–Trinajstić information content (AvgIpc) is 2.93. The largest absolute Gasteiger partial charge is 0.361 e. The first-order chi connectivity index (χ1) is 12.4. The van der Waals surface area contributed by atoms with Gasteiger partial charge in [-0.1, -0.05) is 25.1 Å². The Morgan fingerprint density at radius 3 is 2.65 bits per heavy atom. The maximum atomic E-state index is 13.1. The molecule has 0 aliphatic carbocycles. The first kappa shape index (κ1) is 17.8. The molecule has 0 fully saturated rings. The molecule has 0 radical (unpaired) electrons. The van der Waals surface area contributed by atoms with Crippen LogP contribution in [0, 0.1) is 11.6 Å². The molecule has 0 spiro atoms. The molecule has 5 nitrogen and oxygen atoms in total. The Morgan fingerprint density at radius 1 is 1.12 bits per heavy atom. The van der Waals surface area contributed by atoms with Crippen LogP contribution in [0.25, 0.3) is 0 Å². The smallest absolute Gasteiger partial charge is 0.243 e. The molecule has 2 amide bonds. The SMILES string of the molecule is CC1CN(CC(=O)NCC(=O)Nc2ccc(F)c(F)c2)c2ccccc21. The first-order valence-corrected chi connectivity index (χ1v) is 8.29. The molecule has 2 N–H and O–H groups in total. The van der Waals surface area contributed by atoms with E-state index in [1.54, 1.807) is 0 Å². The van der Waals surface area contributed by atoms with Gasteiger partial charge in [0.05, 0.1) is 13.1 Å². The number of anilines is 2. The van der Waals surface area contributed by atoms with E-state index < -0.39 is 17.5 Å². The molecule has 1 aliphatic heterocycles. The molecule has 2 aromatic carbocycles. The fourth-order valence-electron chi connectivity index (χ4n) is 3.06. The van der Waals surface area contributed by atoms with Crippen molar-refractivity contribution in [2.24, 2.45) is 0 Å². The van der Waals surface area contributed by atoms with E-state index in [1.807, 2.05) is 29.2 Å². The Balaban J connectivity index is 1.50. The van der Waals surface area contributed by atoms with Crippen LogP contribution < -0.4 is 15.5 Å². The van der Waals surface area contributed by atoms with E-state index >= 15 is 0 Å². The summed E-state index contributed by atoms with van der Waals surface area (Å²) < 4.78 is 26.0. The Labute approximate surface area is 150 Å². The zero-order valence-corrected chi connectivity index (χ0v) is 14.3. The van der Waals surface area contributed by atoms with Crippen LogP contribution in [-0.2, 0) is 9.59 Å². The molecule has 26 heavy (non-hydrogen) atoms. The summed E-state index contributed by atoms with van der Waals surface area (Å²) in [5, 5.41) is 4.95. The van der Waals surface area contributed by atoms with Crippen molar-refractivity contribution in [1.82, 2.24) is 5.32 Å². The topological polar surface area (TPSA) is 61.4 Å². The third-order valence-corrected chi connectivity index (χ3v) is 4.29.